The third kappa shape index (κ3) is 3.11. The first-order valence-electron chi connectivity index (χ1n) is 7.13. The number of pyridine rings is 1. The van der Waals surface area contributed by atoms with E-state index in [0.717, 1.165) is 23.1 Å². The number of hydrogen-bond acceptors (Lipinski definition) is 4. The van der Waals surface area contributed by atoms with Gasteiger partial charge in [-0.2, -0.15) is 0 Å². The van der Waals surface area contributed by atoms with Crippen LogP contribution in [-0.2, 0) is 6.61 Å². The summed E-state index contributed by atoms with van der Waals surface area (Å²) in [4.78, 5) is 24.3. The van der Waals surface area contributed by atoms with Crippen molar-refractivity contribution < 1.29 is 9.53 Å². The molecule has 1 amide bonds. The van der Waals surface area contributed by atoms with Crippen molar-refractivity contribution in [1.29, 1.82) is 0 Å². The van der Waals surface area contributed by atoms with Gasteiger partial charge < -0.3 is 15.9 Å². The molecule has 1 aliphatic rings. The molecule has 6 nitrogen and oxygen atoms in total. The predicted molar refractivity (Wildman–Crippen MR) is 82.1 cm³/mol. The number of benzene rings is 1. The molecule has 0 unspecified atom stereocenters. The van der Waals surface area contributed by atoms with Crippen LogP contribution in [-0.4, -0.2) is 16.6 Å². The summed E-state index contributed by atoms with van der Waals surface area (Å²) >= 11 is 0. The van der Waals surface area contributed by atoms with Crippen molar-refractivity contribution in [3.05, 3.63) is 64.1 Å². The molecule has 1 saturated carbocycles. The van der Waals surface area contributed by atoms with Crippen LogP contribution in [0.15, 0.2) is 47.4 Å². The molecule has 3 rings (SSSR count). The molecule has 0 radical (unpaired) electrons. The Balaban J connectivity index is 1.86. The summed E-state index contributed by atoms with van der Waals surface area (Å²) < 4.78 is 6.71. The van der Waals surface area contributed by atoms with Crippen molar-refractivity contribution in [3.8, 4) is 5.75 Å². The average Bonchev–Trinajstić information content (AvgIpc) is 3.32. The van der Waals surface area contributed by atoms with E-state index in [0.29, 0.717) is 0 Å². The normalized spacial score (nSPS) is 13.6. The van der Waals surface area contributed by atoms with Crippen LogP contribution < -0.4 is 21.3 Å². The fourth-order valence-electron chi connectivity index (χ4n) is 2.10. The lowest BCUT2D eigenvalue weighted by Gasteiger charge is -2.14. The lowest BCUT2D eigenvalue weighted by molar-refractivity contribution is 0.0937. The summed E-state index contributed by atoms with van der Waals surface area (Å²) in [5.41, 5.74) is 0.594. The van der Waals surface area contributed by atoms with Gasteiger partial charge in [-0.15, -0.1) is 0 Å². The van der Waals surface area contributed by atoms with Crippen LogP contribution in [0.1, 0.15) is 28.9 Å². The number of rotatable bonds is 5. The molecule has 1 aliphatic carbocycles. The second kappa shape index (κ2) is 5.93. The highest BCUT2D eigenvalue weighted by atomic mass is 16.5. The standard InChI is InChI=1S/C16H17N3O3/c17-19-9-8-13(20)15(14(19)16(21)18-12-6-7-12)22-10-11-4-2-1-3-5-11/h1-5,8-9,12H,6-7,10,17H2,(H,18,21). The fraction of sp³-hybridized carbons (Fsp3) is 0.250. The van der Waals surface area contributed by atoms with Crippen LogP contribution in [0.3, 0.4) is 0 Å². The Kier molecular flexibility index (Phi) is 3.82. The third-order valence-corrected chi connectivity index (χ3v) is 3.44. The van der Waals surface area contributed by atoms with Gasteiger partial charge in [0.1, 0.15) is 6.61 Å². The number of carbonyl (C=O) groups is 1. The number of amides is 1. The van der Waals surface area contributed by atoms with E-state index in [2.05, 4.69) is 5.32 Å². The second-order valence-corrected chi connectivity index (χ2v) is 5.29. The predicted octanol–water partition coefficient (Wildman–Crippen LogP) is 1.03. The second-order valence-electron chi connectivity index (χ2n) is 5.29. The van der Waals surface area contributed by atoms with E-state index in [1.807, 2.05) is 30.3 Å². The minimum absolute atomic E-state index is 0.0213. The molecule has 0 atom stereocenters. The zero-order chi connectivity index (χ0) is 15.5. The summed E-state index contributed by atoms with van der Waals surface area (Å²) in [6, 6.07) is 10.9. The molecule has 3 N–H and O–H groups in total. The van der Waals surface area contributed by atoms with Gasteiger partial charge in [0, 0.05) is 18.3 Å². The van der Waals surface area contributed by atoms with Gasteiger partial charge in [0.25, 0.3) is 5.91 Å². The summed E-state index contributed by atoms with van der Waals surface area (Å²) in [5, 5.41) is 2.82. The zero-order valence-electron chi connectivity index (χ0n) is 12.0. The third-order valence-electron chi connectivity index (χ3n) is 3.44. The molecule has 114 valence electrons. The van der Waals surface area contributed by atoms with E-state index in [1.54, 1.807) is 0 Å². The minimum Gasteiger partial charge on any atom is -0.482 e. The number of hydrogen-bond donors (Lipinski definition) is 2. The van der Waals surface area contributed by atoms with Crippen LogP contribution in [0.4, 0.5) is 0 Å². The highest BCUT2D eigenvalue weighted by Gasteiger charge is 2.27. The molecular weight excluding hydrogens is 282 g/mol. The summed E-state index contributed by atoms with van der Waals surface area (Å²) in [6.07, 6.45) is 3.26. The SMILES string of the molecule is Nn1ccc(=O)c(OCc2ccccc2)c1C(=O)NC1CC1. The molecule has 0 spiro atoms. The zero-order valence-corrected chi connectivity index (χ0v) is 12.0. The van der Waals surface area contributed by atoms with E-state index in [-0.39, 0.29) is 35.4 Å². The first-order valence-corrected chi connectivity index (χ1v) is 7.13. The molecule has 0 aliphatic heterocycles. The molecule has 6 heteroatoms. The lowest BCUT2D eigenvalue weighted by Crippen LogP contribution is -2.33. The van der Waals surface area contributed by atoms with Gasteiger partial charge in [0.15, 0.2) is 11.4 Å². The molecule has 1 aromatic heterocycles. The first kappa shape index (κ1) is 14.2. The Morgan fingerprint density at radius 2 is 2.00 bits per heavy atom. The van der Waals surface area contributed by atoms with Crippen molar-refractivity contribution in [2.24, 2.45) is 0 Å². The van der Waals surface area contributed by atoms with E-state index >= 15 is 0 Å². The lowest BCUT2D eigenvalue weighted by atomic mass is 10.2. The molecule has 0 bridgehead atoms. The summed E-state index contributed by atoms with van der Waals surface area (Å²) in [6.45, 7) is 0.198. The number of nitrogens with two attached hydrogens (primary N) is 1. The van der Waals surface area contributed by atoms with Gasteiger partial charge >= 0.3 is 0 Å². The molecule has 1 heterocycles. The van der Waals surface area contributed by atoms with Crippen LogP contribution in [0, 0.1) is 0 Å². The van der Waals surface area contributed by atoms with Crippen molar-refractivity contribution in [2.75, 3.05) is 5.84 Å². The molecule has 0 saturated heterocycles. The first-order chi connectivity index (χ1) is 10.6. The number of nitrogens with one attached hydrogen (secondary N) is 1. The van der Waals surface area contributed by atoms with Crippen molar-refractivity contribution in [3.63, 3.8) is 0 Å². The number of carbonyl (C=O) groups excluding carboxylic acids is 1. The minimum atomic E-state index is -0.384. The number of aromatic nitrogens is 1. The van der Waals surface area contributed by atoms with Crippen LogP contribution in [0.5, 0.6) is 5.75 Å². The molecule has 2 aromatic rings. The van der Waals surface area contributed by atoms with Gasteiger partial charge in [-0.1, -0.05) is 30.3 Å². The Labute approximate surface area is 127 Å². The maximum absolute atomic E-state index is 12.3. The number of ether oxygens (including phenoxy) is 1. The van der Waals surface area contributed by atoms with E-state index < -0.39 is 0 Å². The largest absolute Gasteiger partial charge is 0.482 e. The van der Waals surface area contributed by atoms with Crippen LogP contribution >= 0.6 is 0 Å². The van der Waals surface area contributed by atoms with Crippen molar-refractivity contribution >= 4 is 5.91 Å². The van der Waals surface area contributed by atoms with E-state index in [4.69, 9.17) is 10.6 Å². The van der Waals surface area contributed by atoms with Crippen molar-refractivity contribution in [1.82, 2.24) is 9.99 Å². The fourth-order valence-corrected chi connectivity index (χ4v) is 2.10. The molecule has 1 fully saturated rings. The Bertz CT molecular complexity index is 736. The average molecular weight is 299 g/mol. The van der Waals surface area contributed by atoms with Gasteiger partial charge in [-0.3, -0.25) is 14.3 Å². The highest BCUT2D eigenvalue weighted by Crippen LogP contribution is 2.21. The maximum atomic E-state index is 12.3. The van der Waals surface area contributed by atoms with Crippen molar-refractivity contribution in [2.45, 2.75) is 25.5 Å². The molecular formula is C16H17N3O3. The van der Waals surface area contributed by atoms with Gasteiger partial charge in [0.2, 0.25) is 5.43 Å². The van der Waals surface area contributed by atoms with Gasteiger partial charge in [0.05, 0.1) is 0 Å². The summed E-state index contributed by atoms with van der Waals surface area (Å²) in [5.74, 6) is 5.39. The molecule has 1 aromatic carbocycles. The monoisotopic (exact) mass is 299 g/mol. The van der Waals surface area contributed by atoms with E-state index in [1.165, 1.54) is 12.3 Å². The quantitative estimate of drug-likeness (QED) is 0.808. The summed E-state index contributed by atoms with van der Waals surface area (Å²) in [7, 11) is 0. The Hall–Kier alpha value is -2.76. The van der Waals surface area contributed by atoms with Crippen LogP contribution in [0.2, 0.25) is 0 Å². The Morgan fingerprint density at radius 1 is 1.27 bits per heavy atom. The van der Waals surface area contributed by atoms with Gasteiger partial charge in [-0.05, 0) is 18.4 Å². The highest BCUT2D eigenvalue weighted by molar-refractivity contribution is 5.95. The van der Waals surface area contributed by atoms with Gasteiger partial charge in [-0.25, -0.2) is 0 Å². The topological polar surface area (TPSA) is 86.3 Å². The maximum Gasteiger partial charge on any atom is 0.274 e. The number of nitrogen functional groups attached to an aromatic ring is 1. The number of nitrogens with zero attached hydrogens (tertiary/aromatic N) is 1. The molecule has 22 heavy (non-hydrogen) atoms. The smallest absolute Gasteiger partial charge is 0.274 e. The Morgan fingerprint density at radius 3 is 2.68 bits per heavy atom. The van der Waals surface area contributed by atoms with Crippen LogP contribution in [0.25, 0.3) is 0 Å². The van der Waals surface area contributed by atoms with E-state index in [9.17, 15) is 9.59 Å².